The van der Waals surface area contributed by atoms with Gasteiger partial charge in [0.1, 0.15) is 6.04 Å². The molecule has 1 heterocycles. The molecule has 17 heavy (non-hydrogen) atoms. The molecule has 1 atom stereocenters. The summed E-state index contributed by atoms with van der Waals surface area (Å²) in [4.78, 5) is 24.7. The molecule has 0 aromatic heterocycles. The number of hydrogen-bond acceptors (Lipinski definition) is 4. The van der Waals surface area contributed by atoms with Gasteiger partial charge in [0.05, 0.1) is 12.3 Å². The van der Waals surface area contributed by atoms with Crippen molar-refractivity contribution in [2.24, 2.45) is 0 Å². The van der Waals surface area contributed by atoms with Crippen LogP contribution in [0.25, 0.3) is 0 Å². The van der Waals surface area contributed by atoms with Crippen molar-refractivity contribution in [3.8, 4) is 0 Å². The van der Waals surface area contributed by atoms with Gasteiger partial charge in [-0.1, -0.05) is 6.07 Å². The predicted octanol–water partition coefficient (Wildman–Crippen LogP) is 0.340. The van der Waals surface area contributed by atoms with Gasteiger partial charge in [-0.15, -0.1) is 0 Å². The summed E-state index contributed by atoms with van der Waals surface area (Å²) < 4.78 is 4.87. The van der Waals surface area contributed by atoms with Crippen molar-refractivity contribution in [1.82, 2.24) is 5.32 Å². The largest absolute Gasteiger partial charge is 0.399 e. The van der Waals surface area contributed by atoms with Crippen molar-refractivity contribution >= 4 is 23.3 Å². The van der Waals surface area contributed by atoms with E-state index in [9.17, 15) is 9.59 Å². The van der Waals surface area contributed by atoms with Crippen molar-refractivity contribution in [2.45, 2.75) is 6.04 Å². The van der Waals surface area contributed by atoms with Gasteiger partial charge in [0.15, 0.2) is 0 Å². The number of nitrogen functional groups attached to an aromatic ring is 1. The maximum atomic E-state index is 11.9. The Balaban J connectivity index is 2.27. The van der Waals surface area contributed by atoms with E-state index in [0.717, 1.165) is 4.90 Å². The van der Waals surface area contributed by atoms with Crippen molar-refractivity contribution in [1.29, 1.82) is 0 Å². The van der Waals surface area contributed by atoms with E-state index in [4.69, 9.17) is 10.5 Å². The molecule has 90 valence electrons. The first-order chi connectivity index (χ1) is 8.13. The van der Waals surface area contributed by atoms with Gasteiger partial charge in [-0.05, 0) is 18.2 Å². The van der Waals surface area contributed by atoms with Gasteiger partial charge in [0.25, 0.3) is 5.91 Å². The zero-order valence-electron chi connectivity index (χ0n) is 9.34. The Bertz CT molecular complexity index is 461. The number of methoxy groups -OCH3 is 1. The molecule has 2 rings (SSSR count). The van der Waals surface area contributed by atoms with Crippen LogP contribution in [0.15, 0.2) is 24.3 Å². The van der Waals surface area contributed by atoms with Crippen LogP contribution < -0.4 is 16.0 Å². The average Bonchev–Trinajstić information content (AvgIpc) is 2.55. The molecule has 0 unspecified atom stereocenters. The number of urea groups is 1. The normalized spacial score (nSPS) is 19.6. The van der Waals surface area contributed by atoms with E-state index in [2.05, 4.69) is 5.32 Å². The summed E-state index contributed by atoms with van der Waals surface area (Å²) in [5.74, 6) is -0.331. The first-order valence-corrected chi connectivity index (χ1v) is 5.12. The van der Waals surface area contributed by atoms with Gasteiger partial charge in [-0.25, -0.2) is 9.69 Å². The molecule has 1 saturated heterocycles. The molecule has 3 amide bonds. The van der Waals surface area contributed by atoms with Gasteiger partial charge in [0, 0.05) is 12.8 Å². The van der Waals surface area contributed by atoms with Crippen LogP contribution in [0, 0.1) is 0 Å². The highest BCUT2D eigenvalue weighted by molar-refractivity contribution is 6.21. The molecule has 1 aromatic rings. The number of carbonyl (C=O) groups excluding carboxylic acids is 2. The van der Waals surface area contributed by atoms with Gasteiger partial charge < -0.3 is 15.8 Å². The molecule has 0 saturated carbocycles. The van der Waals surface area contributed by atoms with E-state index in [-0.39, 0.29) is 12.5 Å². The smallest absolute Gasteiger partial charge is 0.329 e. The lowest BCUT2D eigenvalue weighted by Gasteiger charge is -2.13. The van der Waals surface area contributed by atoms with Gasteiger partial charge in [-0.2, -0.15) is 0 Å². The van der Waals surface area contributed by atoms with Crippen LogP contribution in [0.4, 0.5) is 16.2 Å². The lowest BCUT2D eigenvalue weighted by Crippen LogP contribution is -2.34. The number of nitrogens with zero attached hydrogens (tertiary/aromatic N) is 1. The fraction of sp³-hybridized carbons (Fsp3) is 0.273. The summed E-state index contributed by atoms with van der Waals surface area (Å²) in [6.45, 7) is 0.156. The second-order valence-corrected chi connectivity index (χ2v) is 3.73. The van der Waals surface area contributed by atoms with Crippen LogP contribution in [0.1, 0.15) is 0 Å². The number of imide groups is 1. The van der Waals surface area contributed by atoms with Crippen LogP contribution in [0.2, 0.25) is 0 Å². The number of hydrogen-bond donors (Lipinski definition) is 2. The zero-order chi connectivity index (χ0) is 12.4. The summed E-state index contributed by atoms with van der Waals surface area (Å²) in [5, 5.41) is 2.54. The zero-order valence-corrected chi connectivity index (χ0v) is 9.34. The quantitative estimate of drug-likeness (QED) is 0.584. The minimum Gasteiger partial charge on any atom is -0.399 e. The minimum atomic E-state index is -0.631. The minimum absolute atomic E-state index is 0.156. The fourth-order valence-corrected chi connectivity index (χ4v) is 1.72. The molecule has 1 aliphatic heterocycles. The molecule has 1 aromatic carbocycles. The molecule has 3 N–H and O–H groups in total. The third-order valence-electron chi connectivity index (χ3n) is 2.48. The average molecular weight is 235 g/mol. The van der Waals surface area contributed by atoms with Crippen LogP contribution in [-0.4, -0.2) is 31.7 Å². The first-order valence-electron chi connectivity index (χ1n) is 5.12. The van der Waals surface area contributed by atoms with Crippen LogP contribution in [0.5, 0.6) is 0 Å². The molecule has 0 radical (unpaired) electrons. The Kier molecular flexibility index (Phi) is 2.97. The van der Waals surface area contributed by atoms with Crippen LogP contribution in [0.3, 0.4) is 0 Å². The molecule has 6 heteroatoms. The molecule has 1 fully saturated rings. The van der Waals surface area contributed by atoms with Crippen molar-refractivity contribution < 1.29 is 14.3 Å². The molecule has 0 spiro atoms. The van der Waals surface area contributed by atoms with E-state index in [1.807, 2.05) is 0 Å². The van der Waals surface area contributed by atoms with E-state index in [1.165, 1.54) is 7.11 Å². The summed E-state index contributed by atoms with van der Waals surface area (Å²) in [6.07, 6.45) is 0. The second kappa shape index (κ2) is 4.42. The summed E-state index contributed by atoms with van der Waals surface area (Å²) in [6, 6.07) is 5.52. The lowest BCUT2D eigenvalue weighted by atomic mass is 10.2. The van der Waals surface area contributed by atoms with Crippen molar-refractivity contribution in [3.05, 3.63) is 24.3 Å². The molecule has 6 nitrogen and oxygen atoms in total. The summed E-state index contributed by atoms with van der Waals surface area (Å²) >= 11 is 0. The maximum Gasteiger partial charge on any atom is 0.329 e. The van der Waals surface area contributed by atoms with E-state index in [0.29, 0.717) is 11.4 Å². The first kappa shape index (κ1) is 11.4. The number of nitrogens with two attached hydrogens (primary N) is 1. The summed E-state index contributed by atoms with van der Waals surface area (Å²) in [7, 11) is 1.47. The highest BCUT2D eigenvalue weighted by Gasteiger charge is 2.38. The second-order valence-electron chi connectivity index (χ2n) is 3.73. The Morgan fingerprint density at radius 2 is 2.24 bits per heavy atom. The Labute approximate surface area is 98.3 Å². The highest BCUT2D eigenvalue weighted by Crippen LogP contribution is 2.21. The van der Waals surface area contributed by atoms with E-state index < -0.39 is 12.1 Å². The van der Waals surface area contributed by atoms with Crippen LogP contribution >= 0.6 is 0 Å². The number of carbonyl (C=O) groups is 2. The Morgan fingerprint density at radius 3 is 2.88 bits per heavy atom. The fourth-order valence-electron chi connectivity index (χ4n) is 1.72. The van der Waals surface area contributed by atoms with Gasteiger partial charge >= 0.3 is 6.03 Å². The monoisotopic (exact) mass is 235 g/mol. The predicted molar refractivity (Wildman–Crippen MR) is 62.5 cm³/mol. The maximum absolute atomic E-state index is 11.9. The standard InChI is InChI=1S/C11H13N3O3/c1-17-6-9-10(15)14(11(16)13-9)8-4-2-3-7(12)5-8/h2-5,9H,6,12H2,1H3,(H,13,16)/t9-/m0/s1. The third kappa shape index (κ3) is 2.07. The Morgan fingerprint density at radius 1 is 1.47 bits per heavy atom. The molecular formula is C11H13N3O3. The number of anilines is 2. The van der Waals surface area contributed by atoms with Crippen molar-refractivity contribution in [3.63, 3.8) is 0 Å². The number of rotatable bonds is 3. The lowest BCUT2D eigenvalue weighted by molar-refractivity contribution is -0.119. The number of ether oxygens (including phenoxy) is 1. The highest BCUT2D eigenvalue weighted by atomic mass is 16.5. The molecule has 0 bridgehead atoms. The van der Waals surface area contributed by atoms with E-state index >= 15 is 0 Å². The van der Waals surface area contributed by atoms with Crippen LogP contribution in [-0.2, 0) is 9.53 Å². The number of benzene rings is 1. The molecular weight excluding hydrogens is 222 g/mol. The van der Waals surface area contributed by atoms with E-state index in [1.54, 1.807) is 24.3 Å². The Hall–Kier alpha value is -2.08. The molecule has 1 aliphatic rings. The summed E-state index contributed by atoms with van der Waals surface area (Å²) in [5.41, 5.74) is 6.58. The molecule has 0 aliphatic carbocycles. The van der Waals surface area contributed by atoms with Gasteiger partial charge in [0.2, 0.25) is 0 Å². The number of nitrogens with one attached hydrogen (secondary N) is 1. The number of amides is 3. The topological polar surface area (TPSA) is 84.7 Å². The van der Waals surface area contributed by atoms with Crippen molar-refractivity contribution in [2.75, 3.05) is 24.4 Å². The van der Waals surface area contributed by atoms with Gasteiger partial charge in [-0.3, -0.25) is 4.79 Å². The SMILES string of the molecule is COC[C@@H]1NC(=O)N(c2cccc(N)c2)C1=O. The third-order valence-corrected chi connectivity index (χ3v) is 2.48.